The van der Waals surface area contributed by atoms with Crippen molar-refractivity contribution in [1.82, 2.24) is 14.9 Å². The Bertz CT molecular complexity index is 425. The third-order valence-corrected chi connectivity index (χ3v) is 3.49. The van der Waals surface area contributed by atoms with Gasteiger partial charge in [0.2, 0.25) is 0 Å². The van der Waals surface area contributed by atoms with Crippen molar-refractivity contribution in [3.05, 3.63) is 18.2 Å². The van der Waals surface area contributed by atoms with Gasteiger partial charge in [0, 0.05) is 37.7 Å². The molecule has 0 aliphatic rings. The lowest BCUT2D eigenvalue weighted by Gasteiger charge is -2.15. The molecule has 0 amide bonds. The van der Waals surface area contributed by atoms with Crippen molar-refractivity contribution in [3.63, 3.8) is 0 Å². The highest BCUT2D eigenvalue weighted by atomic mass is 32.2. The topological polar surface area (TPSA) is 64.0 Å². The van der Waals surface area contributed by atoms with Crippen LogP contribution in [0.2, 0.25) is 0 Å². The van der Waals surface area contributed by atoms with Crippen LogP contribution in [-0.2, 0) is 22.8 Å². The fraction of sp³-hybridized carbons (Fsp3) is 0.700. The normalized spacial score (nSPS) is 13.9. The first-order valence-corrected chi connectivity index (χ1v) is 7.37. The molecule has 1 aromatic heterocycles. The molecule has 6 heteroatoms. The van der Waals surface area contributed by atoms with Gasteiger partial charge in [0.25, 0.3) is 0 Å². The van der Waals surface area contributed by atoms with Gasteiger partial charge in [-0.2, -0.15) is 0 Å². The molecule has 1 rings (SSSR count). The molecule has 0 radical (unpaired) electrons. The summed E-state index contributed by atoms with van der Waals surface area (Å²) < 4.78 is 24.5. The maximum absolute atomic E-state index is 11.2. The van der Waals surface area contributed by atoms with Gasteiger partial charge in [-0.3, -0.25) is 0 Å². The van der Waals surface area contributed by atoms with Crippen molar-refractivity contribution in [2.75, 3.05) is 19.1 Å². The van der Waals surface area contributed by atoms with Crippen LogP contribution in [0.1, 0.15) is 12.7 Å². The van der Waals surface area contributed by atoms with Crippen molar-refractivity contribution in [2.24, 2.45) is 0 Å². The Morgan fingerprint density at radius 2 is 2.25 bits per heavy atom. The van der Waals surface area contributed by atoms with Crippen LogP contribution in [0.15, 0.2) is 12.4 Å². The highest BCUT2D eigenvalue weighted by Gasteiger charge is 2.16. The van der Waals surface area contributed by atoms with Crippen LogP contribution in [0.3, 0.4) is 0 Å². The molecule has 1 unspecified atom stereocenters. The maximum Gasteiger partial charge on any atom is 0.148 e. The monoisotopic (exact) mass is 245 g/mol. The van der Waals surface area contributed by atoms with Gasteiger partial charge < -0.3 is 9.88 Å². The molecular formula is C10H19N3O2S. The number of sulfone groups is 1. The van der Waals surface area contributed by atoms with Gasteiger partial charge in [0.1, 0.15) is 15.7 Å². The number of hydrogen-bond acceptors (Lipinski definition) is 4. The molecule has 0 fully saturated rings. The molecule has 92 valence electrons. The fourth-order valence-electron chi connectivity index (χ4n) is 1.65. The summed E-state index contributed by atoms with van der Waals surface area (Å²) in [6.07, 6.45) is 5.53. The van der Waals surface area contributed by atoms with E-state index in [1.807, 2.05) is 17.7 Å². The van der Waals surface area contributed by atoms with Crippen molar-refractivity contribution in [1.29, 1.82) is 0 Å². The first-order valence-electron chi connectivity index (χ1n) is 5.31. The van der Waals surface area contributed by atoms with Crippen LogP contribution >= 0.6 is 0 Å². The van der Waals surface area contributed by atoms with E-state index in [1.165, 1.54) is 6.26 Å². The zero-order chi connectivity index (χ0) is 12.2. The first kappa shape index (κ1) is 13.2. The lowest BCUT2D eigenvalue weighted by molar-refractivity contribution is 0.547. The molecule has 0 saturated heterocycles. The standard InChI is InChI=1S/C10H19N3O2S/c1-4-13-6-5-12-10(13)7-9(11-2)8-16(3,14)15/h5-6,9,11H,4,7-8H2,1-3H3. The number of rotatable bonds is 6. The summed E-state index contributed by atoms with van der Waals surface area (Å²) >= 11 is 0. The second-order valence-corrected chi connectivity index (χ2v) is 6.10. The molecule has 0 aliphatic carbocycles. The van der Waals surface area contributed by atoms with Crippen molar-refractivity contribution < 1.29 is 8.42 Å². The Labute approximate surface area is 96.8 Å². The van der Waals surface area contributed by atoms with Crippen molar-refractivity contribution >= 4 is 9.84 Å². The van der Waals surface area contributed by atoms with Gasteiger partial charge in [-0.25, -0.2) is 13.4 Å². The molecule has 0 aliphatic heterocycles. The lowest BCUT2D eigenvalue weighted by atomic mass is 10.2. The SMILES string of the molecule is CCn1ccnc1CC(CS(C)(=O)=O)NC. The minimum Gasteiger partial charge on any atom is -0.335 e. The van der Waals surface area contributed by atoms with Gasteiger partial charge >= 0.3 is 0 Å². The van der Waals surface area contributed by atoms with Gasteiger partial charge in [0.15, 0.2) is 0 Å². The van der Waals surface area contributed by atoms with Gasteiger partial charge in [-0.15, -0.1) is 0 Å². The number of nitrogens with zero attached hydrogens (tertiary/aromatic N) is 2. The maximum atomic E-state index is 11.2. The van der Waals surface area contributed by atoms with E-state index in [4.69, 9.17) is 0 Å². The highest BCUT2D eigenvalue weighted by molar-refractivity contribution is 7.90. The second kappa shape index (κ2) is 5.45. The molecule has 0 bridgehead atoms. The number of likely N-dealkylation sites (N-methyl/N-ethyl adjacent to an activating group) is 1. The minimum atomic E-state index is -2.96. The number of aromatic nitrogens is 2. The highest BCUT2D eigenvalue weighted by Crippen LogP contribution is 2.03. The number of hydrogen-bond donors (Lipinski definition) is 1. The van der Waals surface area contributed by atoms with Crippen LogP contribution in [0.25, 0.3) is 0 Å². The molecule has 0 spiro atoms. The minimum absolute atomic E-state index is 0.0808. The number of nitrogens with one attached hydrogen (secondary N) is 1. The van der Waals surface area contributed by atoms with Crippen LogP contribution in [0.5, 0.6) is 0 Å². The Kier molecular flexibility index (Phi) is 4.49. The Hall–Kier alpha value is -0.880. The largest absolute Gasteiger partial charge is 0.335 e. The zero-order valence-electron chi connectivity index (χ0n) is 9.97. The lowest BCUT2D eigenvalue weighted by Crippen LogP contribution is -2.35. The average Bonchev–Trinajstić information content (AvgIpc) is 2.62. The smallest absolute Gasteiger partial charge is 0.148 e. The molecule has 1 heterocycles. The van der Waals surface area contributed by atoms with E-state index in [0.717, 1.165) is 12.4 Å². The summed E-state index contributed by atoms with van der Waals surface area (Å²) in [7, 11) is -1.18. The molecule has 16 heavy (non-hydrogen) atoms. The molecular weight excluding hydrogens is 226 g/mol. The van der Waals surface area contributed by atoms with E-state index in [0.29, 0.717) is 6.42 Å². The zero-order valence-corrected chi connectivity index (χ0v) is 10.8. The van der Waals surface area contributed by atoms with Crippen LogP contribution in [0.4, 0.5) is 0 Å². The quantitative estimate of drug-likeness (QED) is 0.771. The van der Waals surface area contributed by atoms with Gasteiger partial charge in [0.05, 0.1) is 5.75 Å². The predicted octanol–water partition coefficient (Wildman–Crippen LogP) is 0.0781. The Morgan fingerprint density at radius 3 is 2.75 bits per heavy atom. The summed E-state index contributed by atoms with van der Waals surface area (Å²) in [5.74, 6) is 1.06. The van der Waals surface area contributed by atoms with Crippen molar-refractivity contribution in [2.45, 2.75) is 25.9 Å². The summed E-state index contributed by atoms with van der Waals surface area (Å²) in [4.78, 5) is 4.23. The summed E-state index contributed by atoms with van der Waals surface area (Å²) in [5, 5.41) is 3.02. The Morgan fingerprint density at radius 1 is 1.56 bits per heavy atom. The van der Waals surface area contributed by atoms with E-state index < -0.39 is 9.84 Å². The van der Waals surface area contributed by atoms with Crippen LogP contribution in [0, 0.1) is 0 Å². The fourth-order valence-corrected chi connectivity index (χ4v) is 2.66. The molecule has 0 aromatic carbocycles. The third kappa shape index (κ3) is 3.94. The second-order valence-electron chi connectivity index (χ2n) is 3.91. The van der Waals surface area contributed by atoms with Crippen molar-refractivity contribution in [3.8, 4) is 0 Å². The van der Waals surface area contributed by atoms with E-state index >= 15 is 0 Å². The first-order chi connectivity index (χ1) is 7.46. The molecule has 1 atom stereocenters. The number of aryl methyl sites for hydroxylation is 1. The average molecular weight is 245 g/mol. The van der Waals surface area contributed by atoms with Crippen LogP contribution < -0.4 is 5.32 Å². The van der Waals surface area contributed by atoms with E-state index in [1.54, 1.807) is 13.2 Å². The molecule has 0 saturated carbocycles. The summed E-state index contributed by atoms with van der Waals surface area (Å²) in [5.41, 5.74) is 0. The molecule has 5 nitrogen and oxygen atoms in total. The molecule has 1 N–H and O–H groups in total. The van der Waals surface area contributed by atoms with E-state index in [-0.39, 0.29) is 11.8 Å². The third-order valence-electron chi connectivity index (χ3n) is 2.48. The van der Waals surface area contributed by atoms with Gasteiger partial charge in [-0.1, -0.05) is 0 Å². The van der Waals surface area contributed by atoms with Gasteiger partial charge in [-0.05, 0) is 14.0 Å². The van der Waals surface area contributed by atoms with Crippen LogP contribution in [-0.4, -0.2) is 43.1 Å². The van der Waals surface area contributed by atoms with E-state index in [9.17, 15) is 8.42 Å². The Balaban J connectivity index is 2.70. The predicted molar refractivity (Wildman–Crippen MR) is 64.2 cm³/mol. The summed E-state index contributed by atoms with van der Waals surface area (Å²) in [6.45, 7) is 2.89. The number of imidazole rings is 1. The van der Waals surface area contributed by atoms with E-state index in [2.05, 4.69) is 10.3 Å². The summed E-state index contributed by atoms with van der Waals surface area (Å²) in [6, 6.07) is -0.0808. The molecule has 1 aromatic rings.